The normalized spacial score (nSPS) is 12.3. The second-order valence-electron chi connectivity index (χ2n) is 5.96. The van der Waals surface area contributed by atoms with Crippen molar-refractivity contribution in [1.82, 2.24) is 0 Å². The van der Waals surface area contributed by atoms with E-state index >= 15 is 0 Å². The molecule has 2 nitrogen and oxygen atoms in total. The summed E-state index contributed by atoms with van der Waals surface area (Å²) in [6.45, 7) is 4.41. The van der Waals surface area contributed by atoms with Crippen LogP contribution in [0.15, 0.2) is 0 Å². The quantitative estimate of drug-likeness (QED) is 0.191. The third-order valence-electron chi connectivity index (χ3n) is 3.80. The van der Waals surface area contributed by atoms with E-state index < -0.39 is 0 Å². The lowest BCUT2D eigenvalue weighted by atomic mass is 10.0. The Bertz CT molecular complexity index is 231. The fourth-order valence-corrected chi connectivity index (χ4v) is 2.92. The van der Waals surface area contributed by atoms with E-state index in [-0.39, 0.29) is 12.1 Å². The molecule has 126 valence electrons. The molecule has 1 atom stereocenters. The first-order valence-electron chi connectivity index (χ1n) is 9.00. The van der Waals surface area contributed by atoms with Crippen molar-refractivity contribution < 1.29 is 9.53 Å². The topological polar surface area (TPSA) is 26.3 Å². The second kappa shape index (κ2) is 16.3. The molecule has 0 rings (SSSR count). The first-order chi connectivity index (χ1) is 10.2. The molecule has 1 unspecified atom stereocenters. The molecule has 0 radical (unpaired) electrons. The van der Waals surface area contributed by atoms with Crippen molar-refractivity contribution in [3.63, 3.8) is 0 Å². The Labute approximate surface area is 140 Å². The van der Waals surface area contributed by atoms with E-state index in [1.54, 1.807) is 0 Å². The van der Waals surface area contributed by atoms with Crippen molar-refractivity contribution in [2.45, 2.75) is 103 Å². The first-order valence-corrected chi connectivity index (χ1v) is 10.1. The highest BCUT2D eigenvalue weighted by Crippen LogP contribution is 2.15. The van der Waals surface area contributed by atoms with Crippen molar-refractivity contribution >= 4 is 21.9 Å². The monoisotopic (exact) mass is 362 g/mol. The Morgan fingerprint density at radius 1 is 0.857 bits per heavy atom. The number of ether oxygens (including phenoxy) is 1. The first kappa shape index (κ1) is 20.9. The van der Waals surface area contributed by atoms with E-state index in [0.29, 0.717) is 6.42 Å². The van der Waals surface area contributed by atoms with Crippen molar-refractivity contribution in [3.05, 3.63) is 0 Å². The minimum Gasteiger partial charge on any atom is -0.462 e. The van der Waals surface area contributed by atoms with Crippen LogP contribution in [0.25, 0.3) is 0 Å². The Hall–Kier alpha value is -0.0500. The van der Waals surface area contributed by atoms with Crippen molar-refractivity contribution in [1.29, 1.82) is 0 Å². The highest BCUT2D eigenvalue weighted by Gasteiger charge is 2.13. The van der Waals surface area contributed by atoms with E-state index in [1.165, 1.54) is 44.9 Å². The van der Waals surface area contributed by atoms with Gasteiger partial charge in [-0.05, 0) is 32.1 Å². The summed E-state index contributed by atoms with van der Waals surface area (Å²) in [4.78, 5) is 11.8. The average molecular weight is 363 g/mol. The molecule has 0 aliphatic carbocycles. The summed E-state index contributed by atoms with van der Waals surface area (Å²) < 4.78 is 5.63. The molecule has 0 spiro atoms. The van der Waals surface area contributed by atoms with Crippen LogP contribution in [-0.4, -0.2) is 17.4 Å². The molecule has 0 fully saturated rings. The van der Waals surface area contributed by atoms with Crippen LogP contribution < -0.4 is 0 Å². The lowest BCUT2D eigenvalue weighted by Crippen LogP contribution is -2.18. The largest absolute Gasteiger partial charge is 0.462 e. The van der Waals surface area contributed by atoms with Crippen molar-refractivity contribution in [2.75, 3.05) is 5.33 Å². The van der Waals surface area contributed by atoms with Gasteiger partial charge in [0.15, 0.2) is 0 Å². The molecule has 3 heteroatoms. The van der Waals surface area contributed by atoms with Crippen molar-refractivity contribution in [3.8, 4) is 0 Å². The zero-order valence-corrected chi connectivity index (χ0v) is 15.8. The summed E-state index contributed by atoms with van der Waals surface area (Å²) in [6.07, 6.45) is 15.1. The smallest absolute Gasteiger partial charge is 0.306 e. The molecule has 0 aliphatic heterocycles. The Morgan fingerprint density at radius 3 is 2.14 bits per heavy atom. The fourth-order valence-electron chi connectivity index (χ4n) is 2.52. The lowest BCUT2D eigenvalue weighted by molar-refractivity contribution is -0.149. The summed E-state index contributed by atoms with van der Waals surface area (Å²) in [6, 6.07) is 0. The maximum atomic E-state index is 11.8. The van der Waals surface area contributed by atoms with Crippen LogP contribution in [0, 0.1) is 0 Å². The van der Waals surface area contributed by atoms with Crippen LogP contribution in [-0.2, 0) is 9.53 Å². The number of alkyl halides is 1. The SMILES string of the molecule is CCCCCCCCCC(CCC)OC(=O)CCCCBr. The molecular formula is C18H35BrO2. The van der Waals surface area contributed by atoms with Crippen LogP contribution in [0.2, 0.25) is 0 Å². The van der Waals surface area contributed by atoms with Gasteiger partial charge in [0.05, 0.1) is 0 Å². The summed E-state index contributed by atoms with van der Waals surface area (Å²) >= 11 is 3.39. The molecule has 0 aliphatic rings. The van der Waals surface area contributed by atoms with E-state index in [0.717, 1.165) is 37.4 Å². The van der Waals surface area contributed by atoms with Crippen LogP contribution in [0.4, 0.5) is 0 Å². The Balaban J connectivity index is 3.68. The molecule has 21 heavy (non-hydrogen) atoms. The summed E-state index contributed by atoms with van der Waals surface area (Å²) in [5.74, 6) is -0.00246. The Kier molecular flexibility index (Phi) is 16.3. The zero-order valence-electron chi connectivity index (χ0n) is 14.2. The molecule has 0 aromatic heterocycles. The molecule has 0 bridgehead atoms. The van der Waals surface area contributed by atoms with Crippen LogP contribution in [0.5, 0.6) is 0 Å². The maximum Gasteiger partial charge on any atom is 0.306 e. The molecular weight excluding hydrogens is 328 g/mol. The lowest BCUT2D eigenvalue weighted by Gasteiger charge is -2.17. The van der Waals surface area contributed by atoms with Gasteiger partial charge < -0.3 is 4.74 Å². The standard InChI is InChI=1S/C18H35BrO2/c1-3-5-6-7-8-9-10-14-17(13-4-2)21-18(20)15-11-12-16-19/h17H,3-16H2,1-2H3. The van der Waals surface area contributed by atoms with Crippen molar-refractivity contribution in [2.24, 2.45) is 0 Å². The van der Waals surface area contributed by atoms with Gasteiger partial charge in [-0.1, -0.05) is 74.7 Å². The van der Waals surface area contributed by atoms with Gasteiger partial charge >= 0.3 is 5.97 Å². The summed E-state index contributed by atoms with van der Waals surface area (Å²) in [5.41, 5.74) is 0. The van der Waals surface area contributed by atoms with Gasteiger partial charge in [0.2, 0.25) is 0 Å². The zero-order chi connectivity index (χ0) is 15.8. The molecule has 0 saturated carbocycles. The van der Waals surface area contributed by atoms with Gasteiger partial charge in [0, 0.05) is 11.8 Å². The van der Waals surface area contributed by atoms with E-state index in [2.05, 4.69) is 29.8 Å². The number of esters is 1. The van der Waals surface area contributed by atoms with Gasteiger partial charge in [-0.15, -0.1) is 0 Å². The van der Waals surface area contributed by atoms with Crippen LogP contribution in [0.1, 0.15) is 97.3 Å². The highest BCUT2D eigenvalue weighted by atomic mass is 79.9. The number of carbonyl (C=O) groups excluding carboxylic acids is 1. The minimum absolute atomic E-state index is 0.00246. The third-order valence-corrected chi connectivity index (χ3v) is 4.36. The fraction of sp³-hybridized carbons (Fsp3) is 0.944. The van der Waals surface area contributed by atoms with E-state index in [9.17, 15) is 4.79 Å². The number of hydrogen-bond acceptors (Lipinski definition) is 2. The predicted octanol–water partition coefficient (Wildman–Crippen LogP) is 6.40. The van der Waals surface area contributed by atoms with E-state index in [1.807, 2.05) is 0 Å². The number of halogens is 1. The van der Waals surface area contributed by atoms with Gasteiger partial charge in [-0.2, -0.15) is 0 Å². The summed E-state index contributed by atoms with van der Waals surface area (Å²) in [5, 5.41) is 0.969. The number of carbonyl (C=O) groups is 1. The third kappa shape index (κ3) is 14.6. The second-order valence-corrected chi connectivity index (χ2v) is 6.75. The van der Waals surface area contributed by atoms with Gasteiger partial charge in [-0.3, -0.25) is 4.79 Å². The van der Waals surface area contributed by atoms with Gasteiger partial charge in [0.25, 0.3) is 0 Å². The van der Waals surface area contributed by atoms with Gasteiger partial charge in [-0.25, -0.2) is 0 Å². The maximum absolute atomic E-state index is 11.8. The molecule has 0 saturated heterocycles. The molecule has 0 amide bonds. The minimum atomic E-state index is -0.00246. The van der Waals surface area contributed by atoms with Crippen LogP contribution >= 0.6 is 15.9 Å². The van der Waals surface area contributed by atoms with E-state index in [4.69, 9.17) is 4.74 Å². The molecule has 0 N–H and O–H groups in total. The van der Waals surface area contributed by atoms with Gasteiger partial charge in [0.1, 0.15) is 6.10 Å². The number of unbranched alkanes of at least 4 members (excludes halogenated alkanes) is 7. The average Bonchev–Trinajstić information content (AvgIpc) is 2.46. The summed E-state index contributed by atoms with van der Waals surface area (Å²) in [7, 11) is 0. The number of rotatable bonds is 15. The van der Waals surface area contributed by atoms with Crippen LogP contribution in [0.3, 0.4) is 0 Å². The molecule has 0 heterocycles. The molecule has 0 aromatic carbocycles. The predicted molar refractivity (Wildman–Crippen MR) is 95.0 cm³/mol. The highest BCUT2D eigenvalue weighted by molar-refractivity contribution is 9.09. The molecule has 0 aromatic rings. The Morgan fingerprint density at radius 2 is 1.52 bits per heavy atom. The number of hydrogen-bond donors (Lipinski definition) is 0.